The molecule has 0 unspecified atom stereocenters. The smallest absolute Gasteiger partial charge is 0.253 e. The van der Waals surface area contributed by atoms with Crippen LogP contribution in [0.15, 0.2) is 41.6 Å². The summed E-state index contributed by atoms with van der Waals surface area (Å²) < 4.78 is 1.81. The van der Waals surface area contributed by atoms with Crippen LogP contribution in [-0.4, -0.2) is 20.3 Å². The van der Waals surface area contributed by atoms with E-state index in [1.54, 1.807) is 6.07 Å². The SMILES string of the molecule is C[C@H](Nc1ncnc2cc(=O)n(C3(C)CC3)cc12)c1cccc2c1CCC2=O. The maximum Gasteiger partial charge on any atom is 0.253 e. The van der Waals surface area contributed by atoms with Crippen molar-refractivity contribution in [3.05, 3.63) is 63.8 Å². The van der Waals surface area contributed by atoms with E-state index in [2.05, 4.69) is 35.2 Å². The molecule has 1 saturated carbocycles. The number of hydrogen-bond donors (Lipinski definition) is 1. The Morgan fingerprint density at radius 2 is 2.00 bits per heavy atom. The second-order valence-corrected chi connectivity index (χ2v) is 8.16. The second kappa shape index (κ2) is 5.99. The van der Waals surface area contributed by atoms with Crippen molar-refractivity contribution in [3.63, 3.8) is 0 Å². The molecule has 0 amide bonds. The van der Waals surface area contributed by atoms with Gasteiger partial charge in [-0.1, -0.05) is 18.2 Å². The number of ketones is 1. The predicted octanol–water partition coefficient (Wildman–Crippen LogP) is 3.60. The maximum absolute atomic E-state index is 12.5. The number of fused-ring (bicyclic) bond motifs is 2. The molecule has 142 valence electrons. The molecular formula is C22H22N4O2. The molecule has 2 aliphatic rings. The molecule has 2 heterocycles. The van der Waals surface area contributed by atoms with Gasteiger partial charge in [-0.25, -0.2) is 9.97 Å². The van der Waals surface area contributed by atoms with Crippen molar-refractivity contribution in [1.82, 2.24) is 14.5 Å². The first-order valence-corrected chi connectivity index (χ1v) is 9.76. The van der Waals surface area contributed by atoms with Crippen LogP contribution in [0.3, 0.4) is 0 Å². The van der Waals surface area contributed by atoms with Gasteiger partial charge in [0.15, 0.2) is 5.78 Å². The van der Waals surface area contributed by atoms with Crippen LogP contribution in [0.1, 0.15) is 60.6 Å². The lowest BCUT2D eigenvalue weighted by Crippen LogP contribution is -2.27. The lowest BCUT2D eigenvalue weighted by molar-refractivity contribution is 0.0994. The summed E-state index contributed by atoms with van der Waals surface area (Å²) in [6, 6.07) is 7.50. The van der Waals surface area contributed by atoms with Crippen LogP contribution < -0.4 is 10.9 Å². The number of pyridine rings is 1. The van der Waals surface area contributed by atoms with E-state index in [0.29, 0.717) is 17.8 Å². The van der Waals surface area contributed by atoms with Crippen molar-refractivity contribution < 1.29 is 4.79 Å². The van der Waals surface area contributed by atoms with Gasteiger partial charge in [-0.3, -0.25) is 9.59 Å². The second-order valence-electron chi connectivity index (χ2n) is 8.16. The van der Waals surface area contributed by atoms with Crippen molar-refractivity contribution in [2.75, 3.05) is 5.32 Å². The molecule has 0 aliphatic heterocycles. The van der Waals surface area contributed by atoms with Crippen LogP contribution in [0, 0.1) is 0 Å². The summed E-state index contributed by atoms with van der Waals surface area (Å²) >= 11 is 0. The molecule has 6 nitrogen and oxygen atoms in total. The molecule has 0 radical (unpaired) electrons. The normalized spacial score (nSPS) is 18.1. The van der Waals surface area contributed by atoms with E-state index >= 15 is 0 Å². The van der Waals surface area contributed by atoms with Gasteiger partial charge >= 0.3 is 0 Å². The quantitative estimate of drug-likeness (QED) is 0.755. The lowest BCUT2D eigenvalue weighted by atomic mass is 9.98. The molecule has 3 aromatic rings. The molecule has 1 N–H and O–H groups in total. The molecule has 0 spiro atoms. The number of rotatable bonds is 4. The minimum Gasteiger partial charge on any atom is -0.363 e. The van der Waals surface area contributed by atoms with Gasteiger partial charge in [0.2, 0.25) is 0 Å². The maximum atomic E-state index is 12.5. The van der Waals surface area contributed by atoms with Crippen molar-refractivity contribution >= 4 is 22.5 Å². The van der Waals surface area contributed by atoms with E-state index in [4.69, 9.17) is 0 Å². The van der Waals surface area contributed by atoms with Crippen LogP contribution in [0.25, 0.3) is 10.9 Å². The monoisotopic (exact) mass is 374 g/mol. The zero-order chi connectivity index (χ0) is 19.5. The Balaban J connectivity index is 1.55. The van der Waals surface area contributed by atoms with Crippen LogP contribution in [0.5, 0.6) is 0 Å². The highest BCUT2D eigenvalue weighted by molar-refractivity contribution is 6.00. The van der Waals surface area contributed by atoms with Gasteiger partial charge in [0.1, 0.15) is 12.1 Å². The molecule has 0 saturated heterocycles. The van der Waals surface area contributed by atoms with Gasteiger partial charge in [0.25, 0.3) is 5.56 Å². The molecule has 0 bridgehead atoms. The molecule has 1 aromatic carbocycles. The lowest BCUT2D eigenvalue weighted by Gasteiger charge is -2.20. The Kier molecular flexibility index (Phi) is 3.66. The number of carbonyl (C=O) groups is 1. The molecule has 2 aromatic heterocycles. The third-order valence-electron chi connectivity index (χ3n) is 6.16. The fourth-order valence-electron chi connectivity index (χ4n) is 4.20. The molecule has 1 atom stereocenters. The third kappa shape index (κ3) is 2.63. The average Bonchev–Trinajstić information content (AvgIpc) is 3.32. The summed E-state index contributed by atoms with van der Waals surface area (Å²) in [5, 5.41) is 4.33. The van der Waals surface area contributed by atoms with Gasteiger partial charge in [-0.15, -0.1) is 0 Å². The van der Waals surface area contributed by atoms with E-state index in [0.717, 1.165) is 41.3 Å². The van der Waals surface area contributed by atoms with Crippen molar-refractivity contribution in [3.8, 4) is 0 Å². The van der Waals surface area contributed by atoms with Gasteiger partial charge < -0.3 is 9.88 Å². The number of anilines is 1. The largest absolute Gasteiger partial charge is 0.363 e. The van der Waals surface area contributed by atoms with E-state index in [1.807, 2.05) is 22.9 Å². The first kappa shape index (κ1) is 17.1. The van der Waals surface area contributed by atoms with Gasteiger partial charge in [-0.2, -0.15) is 0 Å². The average molecular weight is 374 g/mol. The molecule has 2 aliphatic carbocycles. The Labute approximate surface area is 162 Å². The topological polar surface area (TPSA) is 76.9 Å². The highest BCUT2D eigenvalue weighted by Gasteiger charge is 2.40. The van der Waals surface area contributed by atoms with E-state index in [9.17, 15) is 9.59 Å². The van der Waals surface area contributed by atoms with E-state index in [-0.39, 0.29) is 22.9 Å². The molecule has 6 heteroatoms. The zero-order valence-electron chi connectivity index (χ0n) is 16.0. The minimum absolute atomic E-state index is 0.0177. The predicted molar refractivity (Wildman–Crippen MR) is 108 cm³/mol. The van der Waals surface area contributed by atoms with Crippen LogP contribution in [0.4, 0.5) is 5.82 Å². The Hall–Kier alpha value is -3.02. The van der Waals surface area contributed by atoms with E-state index < -0.39 is 0 Å². The number of carbonyl (C=O) groups excluding carboxylic acids is 1. The Morgan fingerprint density at radius 3 is 2.79 bits per heavy atom. The van der Waals surface area contributed by atoms with Crippen LogP contribution in [0.2, 0.25) is 0 Å². The summed E-state index contributed by atoms with van der Waals surface area (Å²) in [6.45, 7) is 4.18. The van der Waals surface area contributed by atoms with Crippen LogP contribution in [-0.2, 0) is 12.0 Å². The van der Waals surface area contributed by atoms with Crippen molar-refractivity contribution in [2.45, 2.75) is 51.1 Å². The highest BCUT2D eigenvalue weighted by Crippen LogP contribution is 2.42. The standard InChI is InChI=1S/C22H22N4O2/c1-13(14-4-3-5-16-15(14)6-7-19(16)27)25-21-17-11-26(22(2)8-9-22)20(28)10-18(17)23-12-24-21/h3-5,10-13H,6-9H2,1-2H3,(H,23,24,25)/t13-/m0/s1. The number of Topliss-reactive ketones (excluding diaryl/α,β-unsaturated/α-hetero) is 1. The van der Waals surface area contributed by atoms with Crippen molar-refractivity contribution in [1.29, 1.82) is 0 Å². The number of aromatic nitrogens is 3. The van der Waals surface area contributed by atoms with E-state index in [1.165, 1.54) is 6.33 Å². The van der Waals surface area contributed by atoms with Gasteiger partial charge in [0, 0.05) is 29.8 Å². The van der Waals surface area contributed by atoms with Crippen LogP contribution >= 0.6 is 0 Å². The van der Waals surface area contributed by atoms with Crippen molar-refractivity contribution in [2.24, 2.45) is 0 Å². The number of hydrogen-bond acceptors (Lipinski definition) is 5. The minimum atomic E-state index is -0.0926. The molecule has 28 heavy (non-hydrogen) atoms. The summed E-state index contributed by atoms with van der Waals surface area (Å²) in [4.78, 5) is 33.3. The molecular weight excluding hydrogens is 352 g/mol. The molecule has 5 rings (SSSR count). The summed E-state index contributed by atoms with van der Waals surface area (Å²) in [6.07, 6.45) is 6.77. The summed E-state index contributed by atoms with van der Waals surface area (Å²) in [5.74, 6) is 0.927. The number of nitrogens with zero attached hydrogens (tertiary/aromatic N) is 3. The number of benzene rings is 1. The first-order chi connectivity index (χ1) is 13.5. The van der Waals surface area contributed by atoms with Gasteiger partial charge in [0.05, 0.1) is 16.9 Å². The van der Waals surface area contributed by atoms with Gasteiger partial charge in [-0.05, 0) is 44.2 Å². The Bertz CT molecular complexity index is 1180. The summed E-state index contributed by atoms with van der Waals surface area (Å²) in [7, 11) is 0. The molecule has 1 fully saturated rings. The fourth-order valence-corrected chi connectivity index (χ4v) is 4.20. The Morgan fingerprint density at radius 1 is 1.18 bits per heavy atom. The zero-order valence-corrected chi connectivity index (χ0v) is 16.0. The first-order valence-electron chi connectivity index (χ1n) is 9.76. The number of nitrogens with one attached hydrogen (secondary N) is 1. The summed E-state index contributed by atoms with van der Waals surface area (Å²) in [5.41, 5.74) is 3.62. The fraction of sp³-hybridized carbons (Fsp3) is 0.364. The third-order valence-corrected chi connectivity index (χ3v) is 6.16. The highest BCUT2D eigenvalue weighted by atomic mass is 16.1.